The molecule has 2 aliphatic carbocycles. The molecule has 25 heavy (non-hydrogen) atoms. The molecule has 0 aromatic rings. The highest BCUT2D eigenvalue weighted by atomic mass is 17.1. The van der Waals surface area contributed by atoms with Gasteiger partial charge >= 0.3 is 11.9 Å². The molecule has 0 bridgehead atoms. The Balaban J connectivity index is 2.50. The fourth-order valence-electron chi connectivity index (χ4n) is 4.36. The Bertz CT molecular complexity index is 598. The van der Waals surface area contributed by atoms with Crippen molar-refractivity contribution in [1.29, 1.82) is 0 Å². The van der Waals surface area contributed by atoms with Crippen LogP contribution in [0.1, 0.15) is 39.5 Å². The van der Waals surface area contributed by atoms with Gasteiger partial charge in [-0.05, 0) is 31.3 Å². The van der Waals surface area contributed by atoms with Crippen LogP contribution in [0.25, 0.3) is 0 Å². The summed E-state index contributed by atoms with van der Waals surface area (Å²) in [5.41, 5.74) is -1.43. The molecule has 0 aromatic heterocycles. The van der Waals surface area contributed by atoms with Crippen LogP contribution in [0.15, 0.2) is 24.3 Å². The van der Waals surface area contributed by atoms with Gasteiger partial charge in [0.25, 0.3) is 0 Å². The fourth-order valence-corrected chi connectivity index (χ4v) is 4.36. The third kappa shape index (κ3) is 3.01. The van der Waals surface area contributed by atoms with E-state index in [9.17, 15) is 20.0 Å². The predicted molar refractivity (Wildman–Crippen MR) is 88.4 cm³/mol. The number of aliphatic hydroxyl groups is 1. The monoisotopic (exact) mass is 354 g/mol. The molecule has 7 nitrogen and oxygen atoms in total. The van der Waals surface area contributed by atoms with E-state index in [2.05, 4.69) is 13.2 Å². The van der Waals surface area contributed by atoms with E-state index in [1.807, 2.05) is 0 Å². The van der Waals surface area contributed by atoms with Crippen molar-refractivity contribution in [3.05, 3.63) is 24.3 Å². The third-order valence-electron chi connectivity index (χ3n) is 5.90. The van der Waals surface area contributed by atoms with Gasteiger partial charge in [0.05, 0.1) is 13.2 Å². The van der Waals surface area contributed by atoms with Crippen LogP contribution in [0.5, 0.6) is 0 Å². The number of esters is 2. The third-order valence-corrected chi connectivity index (χ3v) is 5.90. The summed E-state index contributed by atoms with van der Waals surface area (Å²) in [6.07, 6.45) is -0.244. The number of methoxy groups -OCH3 is 1. The smallest absolute Gasteiger partial charge is 0.333 e. The fraction of sp³-hybridized carbons (Fsp3) is 0.667. The van der Waals surface area contributed by atoms with E-state index in [0.29, 0.717) is 18.4 Å². The summed E-state index contributed by atoms with van der Waals surface area (Å²) < 4.78 is 10.2. The van der Waals surface area contributed by atoms with Crippen molar-refractivity contribution in [2.45, 2.75) is 57.3 Å². The average molecular weight is 354 g/mol. The number of ether oxygens (including phenoxy) is 2. The normalized spacial score (nSPS) is 37.8. The van der Waals surface area contributed by atoms with Crippen molar-refractivity contribution < 1.29 is 34.3 Å². The number of carbonyl (C=O) groups is 2. The van der Waals surface area contributed by atoms with Gasteiger partial charge in [-0.15, -0.1) is 0 Å². The molecule has 140 valence electrons. The minimum Gasteiger partial charge on any atom is -0.466 e. The maximum Gasteiger partial charge on any atom is 0.333 e. The second kappa shape index (κ2) is 6.90. The molecular weight excluding hydrogens is 328 g/mol. The van der Waals surface area contributed by atoms with Gasteiger partial charge in [0.15, 0.2) is 0 Å². The summed E-state index contributed by atoms with van der Waals surface area (Å²) in [6, 6.07) is 0. The molecule has 0 radical (unpaired) electrons. The van der Waals surface area contributed by atoms with Crippen molar-refractivity contribution in [3.8, 4) is 0 Å². The van der Waals surface area contributed by atoms with E-state index >= 15 is 0 Å². The number of hydrogen-bond acceptors (Lipinski definition) is 7. The first-order chi connectivity index (χ1) is 11.6. The van der Waals surface area contributed by atoms with Gasteiger partial charge in [0.1, 0.15) is 11.7 Å². The molecule has 2 N–H and O–H groups in total. The van der Waals surface area contributed by atoms with Gasteiger partial charge in [0, 0.05) is 23.8 Å². The Kier molecular flexibility index (Phi) is 5.41. The van der Waals surface area contributed by atoms with Crippen molar-refractivity contribution in [3.63, 3.8) is 0 Å². The Hall–Kier alpha value is -1.70. The minimum absolute atomic E-state index is 0.0990. The first-order valence-electron chi connectivity index (χ1n) is 8.26. The molecule has 2 aliphatic rings. The molecule has 7 heteroatoms. The Morgan fingerprint density at radius 2 is 1.96 bits per heavy atom. The van der Waals surface area contributed by atoms with Crippen LogP contribution >= 0.6 is 0 Å². The second-order valence-corrected chi connectivity index (χ2v) is 7.17. The second-order valence-electron chi connectivity index (χ2n) is 7.17. The Morgan fingerprint density at radius 1 is 1.32 bits per heavy atom. The number of rotatable bonds is 4. The van der Waals surface area contributed by atoms with Crippen molar-refractivity contribution in [2.24, 2.45) is 11.3 Å². The van der Waals surface area contributed by atoms with Gasteiger partial charge < -0.3 is 14.6 Å². The van der Waals surface area contributed by atoms with E-state index in [0.717, 1.165) is 0 Å². The van der Waals surface area contributed by atoms with Gasteiger partial charge in [-0.3, -0.25) is 10.1 Å². The van der Waals surface area contributed by atoms with Crippen LogP contribution in [0, 0.1) is 11.3 Å². The quantitative estimate of drug-likeness (QED) is 0.262. The Labute approximate surface area is 147 Å². The molecule has 5 atom stereocenters. The number of hydrogen-bond donors (Lipinski definition) is 2. The molecule has 0 unspecified atom stereocenters. The number of fused-ring (bicyclic) bond motifs is 1. The lowest BCUT2D eigenvalue weighted by molar-refractivity contribution is -0.369. The van der Waals surface area contributed by atoms with Crippen LogP contribution < -0.4 is 0 Å². The van der Waals surface area contributed by atoms with Gasteiger partial charge in [-0.1, -0.05) is 20.1 Å². The topological polar surface area (TPSA) is 102 Å². The predicted octanol–water partition coefficient (Wildman–Crippen LogP) is 2.00. The van der Waals surface area contributed by atoms with Crippen molar-refractivity contribution in [2.75, 3.05) is 7.11 Å². The highest BCUT2D eigenvalue weighted by Gasteiger charge is 2.64. The van der Waals surface area contributed by atoms with Gasteiger partial charge in [0.2, 0.25) is 0 Å². The molecule has 2 fully saturated rings. The number of aliphatic hydroxyl groups excluding tert-OH is 1. The molecule has 0 amide bonds. The highest BCUT2D eigenvalue weighted by Crippen LogP contribution is 2.59. The lowest BCUT2D eigenvalue weighted by Crippen LogP contribution is -2.64. The number of carbonyl (C=O) groups excluding carboxylic acids is 2. The van der Waals surface area contributed by atoms with Crippen molar-refractivity contribution >= 4 is 11.9 Å². The molecule has 0 aliphatic heterocycles. The summed E-state index contributed by atoms with van der Waals surface area (Å²) in [5.74, 6) is -1.75. The van der Waals surface area contributed by atoms with E-state index in [1.165, 1.54) is 14.0 Å². The maximum atomic E-state index is 12.0. The highest BCUT2D eigenvalue weighted by molar-refractivity contribution is 5.88. The lowest BCUT2D eigenvalue weighted by Gasteiger charge is -2.58. The summed E-state index contributed by atoms with van der Waals surface area (Å²) >= 11 is 0. The first-order valence-corrected chi connectivity index (χ1v) is 8.26. The maximum absolute atomic E-state index is 12.0. The summed E-state index contributed by atoms with van der Waals surface area (Å²) in [5, 5.41) is 20.4. The van der Waals surface area contributed by atoms with Gasteiger partial charge in [-0.2, -0.15) is 0 Å². The molecule has 2 saturated carbocycles. The van der Waals surface area contributed by atoms with Gasteiger partial charge in [-0.25, -0.2) is 9.68 Å². The van der Waals surface area contributed by atoms with Crippen LogP contribution in [0.4, 0.5) is 0 Å². The van der Waals surface area contributed by atoms with E-state index in [1.54, 1.807) is 6.92 Å². The first kappa shape index (κ1) is 19.6. The summed E-state index contributed by atoms with van der Waals surface area (Å²) in [7, 11) is 1.24. The van der Waals surface area contributed by atoms with Crippen LogP contribution in [0.2, 0.25) is 0 Å². The molecule has 0 heterocycles. The van der Waals surface area contributed by atoms with E-state index in [4.69, 9.17) is 14.4 Å². The molecular formula is C18H26O7. The van der Waals surface area contributed by atoms with E-state index < -0.39 is 41.1 Å². The lowest BCUT2D eigenvalue weighted by atomic mass is 9.51. The zero-order valence-electron chi connectivity index (χ0n) is 14.9. The largest absolute Gasteiger partial charge is 0.466 e. The zero-order chi connectivity index (χ0) is 19.0. The average Bonchev–Trinajstić information content (AvgIpc) is 2.56. The molecule has 0 spiro atoms. The summed E-state index contributed by atoms with van der Waals surface area (Å²) in [6.45, 7) is 10.8. The minimum atomic E-state index is -1.26. The van der Waals surface area contributed by atoms with Crippen LogP contribution in [0.3, 0.4) is 0 Å². The SMILES string of the molecule is C=C(C(=O)OC)[C@H]1C[C@@]2(OO)C(=C)CC[C@@H](O)[C@]2(C)C[C@H]1OC(C)=O. The van der Waals surface area contributed by atoms with Crippen LogP contribution in [-0.4, -0.2) is 47.2 Å². The van der Waals surface area contributed by atoms with Crippen molar-refractivity contribution in [1.82, 2.24) is 0 Å². The standard InChI is InChI=1S/C18H26O7/c1-10-6-7-15(20)17(4)9-14(24-12(3)19)13(8-18(10,17)25-22)11(2)16(21)23-5/h13-15,20,22H,1-2,6-9H2,3-5H3/t13-,14-,15-,17+,18-/m1/s1. The molecule has 2 rings (SSSR count). The van der Waals surface area contributed by atoms with E-state index in [-0.39, 0.29) is 18.4 Å². The Morgan fingerprint density at radius 3 is 2.48 bits per heavy atom. The van der Waals surface area contributed by atoms with Crippen LogP contribution in [-0.2, 0) is 24.0 Å². The molecule has 0 aromatic carbocycles. The molecule has 0 saturated heterocycles. The zero-order valence-corrected chi connectivity index (χ0v) is 14.9. The summed E-state index contributed by atoms with van der Waals surface area (Å²) in [4.78, 5) is 28.5.